The average Bonchev–Trinajstić information content (AvgIpc) is 2.76. The molecule has 0 radical (unpaired) electrons. The van der Waals surface area contributed by atoms with Gasteiger partial charge in [0.15, 0.2) is 0 Å². The van der Waals surface area contributed by atoms with Crippen LogP contribution < -0.4 is 10.6 Å². The standard InChI is InChI=1S/C14H15FN4O/c1-19-13(10-8-16-7-6-12(10)18-19)17-14(20)9-4-2-3-5-11(9)15/h2-5,16H,6-8H2,1H3,(H,17,20). The Hall–Kier alpha value is -2.21. The lowest BCUT2D eigenvalue weighted by Crippen LogP contribution is -2.24. The molecule has 5 nitrogen and oxygen atoms in total. The summed E-state index contributed by atoms with van der Waals surface area (Å²) in [5.41, 5.74) is 1.99. The fourth-order valence-corrected chi connectivity index (χ4v) is 2.41. The van der Waals surface area contributed by atoms with E-state index in [-0.39, 0.29) is 5.56 Å². The van der Waals surface area contributed by atoms with Gasteiger partial charge in [0, 0.05) is 32.1 Å². The zero-order valence-electron chi connectivity index (χ0n) is 11.1. The highest BCUT2D eigenvalue weighted by atomic mass is 19.1. The number of fused-ring (bicyclic) bond motifs is 1. The second-order valence-corrected chi connectivity index (χ2v) is 4.76. The van der Waals surface area contributed by atoms with Crippen molar-refractivity contribution in [3.8, 4) is 0 Å². The molecule has 6 heteroatoms. The SMILES string of the molecule is Cn1nc2c(c1NC(=O)c1ccccc1F)CNCC2. The van der Waals surface area contributed by atoms with Crippen LogP contribution in [-0.4, -0.2) is 22.2 Å². The molecule has 0 aliphatic carbocycles. The molecule has 2 aromatic rings. The van der Waals surface area contributed by atoms with E-state index in [2.05, 4.69) is 15.7 Å². The molecule has 0 saturated heterocycles. The molecule has 1 aromatic carbocycles. The normalized spacial score (nSPS) is 13.9. The number of aryl methyl sites for hydroxylation is 1. The molecule has 0 bridgehead atoms. The van der Waals surface area contributed by atoms with Crippen LogP contribution in [0, 0.1) is 5.82 Å². The van der Waals surface area contributed by atoms with E-state index in [1.54, 1.807) is 23.9 Å². The van der Waals surface area contributed by atoms with Crippen LogP contribution in [0.3, 0.4) is 0 Å². The average molecular weight is 274 g/mol. The number of nitrogens with one attached hydrogen (secondary N) is 2. The second kappa shape index (κ2) is 5.05. The number of hydrogen-bond donors (Lipinski definition) is 2. The molecule has 0 spiro atoms. The Morgan fingerprint density at radius 3 is 3.05 bits per heavy atom. The fraction of sp³-hybridized carbons (Fsp3) is 0.286. The van der Waals surface area contributed by atoms with Gasteiger partial charge >= 0.3 is 0 Å². The van der Waals surface area contributed by atoms with E-state index in [0.29, 0.717) is 12.4 Å². The third-order valence-corrected chi connectivity index (χ3v) is 3.42. The summed E-state index contributed by atoms with van der Waals surface area (Å²) in [7, 11) is 1.77. The number of halogens is 1. The topological polar surface area (TPSA) is 59.0 Å². The van der Waals surface area contributed by atoms with Crippen molar-refractivity contribution < 1.29 is 9.18 Å². The molecule has 20 heavy (non-hydrogen) atoms. The first kappa shape index (κ1) is 12.8. The second-order valence-electron chi connectivity index (χ2n) is 4.76. The molecule has 3 rings (SSSR count). The highest BCUT2D eigenvalue weighted by Gasteiger charge is 2.21. The van der Waals surface area contributed by atoms with Crippen molar-refractivity contribution in [2.24, 2.45) is 7.05 Å². The lowest BCUT2D eigenvalue weighted by Gasteiger charge is -2.13. The molecule has 1 aliphatic heterocycles. The summed E-state index contributed by atoms with van der Waals surface area (Å²) >= 11 is 0. The number of aromatic nitrogens is 2. The molecule has 1 aliphatic rings. The minimum Gasteiger partial charge on any atom is -0.312 e. The predicted octanol–water partition coefficient (Wildman–Crippen LogP) is 1.46. The van der Waals surface area contributed by atoms with Gasteiger partial charge in [-0.05, 0) is 12.1 Å². The predicted molar refractivity (Wildman–Crippen MR) is 73.0 cm³/mol. The minimum atomic E-state index is -0.529. The number of anilines is 1. The van der Waals surface area contributed by atoms with Crippen LogP contribution in [-0.2, 0) is 20.0 Å². The molecular weight excluding hydrogens is 259 g/mol. The first-order valence-electron chi connectivity index (χ1n) is 6.48. The van der Waals surface area contributed by atoms with Gasteiger partial charge in [-0.25, -0.2) is 4.39 Å². The highest BCUT2D eigenvalue weighted by molar-refractivity contribution is 6.04. The lowest BCUT2D eigenvalue weighted by molar-refractivity contribution is 0.102. The number of nitrogens with zero attached hydrogens (tertiary/aromatic N) is 2. The molecule has 2 N–H and O–H groups in total. The molecule has 1 aromatic heterocycles. The molecular formula is C14H15FN4O. The highest BCUT2D eigenvalue weighted by Crippen LogP contribution is 2.23. The Balaban J connectivity index is 1.90. The van der Waals surface area contributed by atoms with E-state index >= 15 is 0 Å². The lowest BCUT2D eigenvalue weighted by atomic mass is 10.1. The summed E-state index contributed by atoms with van der Waals surface area (Å²) < 4.78 is 15.2. The largest absolute Gasteiger partial charge is 0.312 e. The summed E-state index contributed by atoms with van der Waals surface area (Å²) in [4.78, 5) is 12.2. The first-order valence-corrected chi connectivity index (χ1v) is 6.48. The first-order chi connectivity index (χ1) is 9.66. The van der Waals surface area contributed by atoms with E-state index in [0.717, 1.165) is 24.2 Å². The van der Waals surface area contributed by atoms with Crippen molar-refractivity contribution in [3.05, 3.63) is 46.9 Å². The maximum atomic E-state index is 13.6. The van der Waals surface area contributed by atoms with Crippen LogP contribution in [0.4, 0.5) is 10.2 Å². The summed E-state index contributed by atoms with van der Waals surface area (Å²) in [6.45, 7) is 1.54. The van der Waals surface area contributed by atoms with Crippen molar-refractivity contribution in [1.29, 1.82) is 0 Å². The van der Waals surface area contributed by atoms with Gasteiger partial charge in [-0.15, -0.1) is 0 Å². The summed E-state index contributed by atoms with van der Waals surface area (Å²) in [6.07, 6.45) is 0.832. The summed E-state index contributed by atoms with van der Waals surface area (Å²) in [5, 5.41) is 10.4. The van der Waals surface area contributed by atoms with Crippen molar-refractivity contribution in [2.45, 2.75) is 13.0 Å². The van der Waals surface area contributed by atoms with E-state index in [1.165, 1.54) is 12.1 Å². The molecule has 0 saturated carbocycles. The van der Waals surface area contributed by atoms with Gasteiger partial charge in [-0.2, -0.15) is 5.10 Å². The number of hydrogen-bond acceptors (Lipinski definition) is 3. The Bertz CT molecular complexity index is 665. The zero-order valence-corrected chi connectivity index (χ0v) is 11.1. The Morgan fingerprint density at radius 1 is 1.45 bits per heavy atom. The Kier molecular flexibility index (Phi) is 3.23. The van der Waals surface area contributed by atoms with Crippen LogP contribution in [0.1, 0.15) is 21.6 Å². The minimum absolute atomic E-state index is 0.0335. The van der Waals surface area contributed by atoms with E-state index in [9.17, 15) is 9.18 Å². The van der Waals surface area contributed by atoms with Crippen molar-refractivity contribution >= 4 is 11.7 Å². The van der Waals surface area contributed by atoms with Crippen LogP contribution in [0.5, 0.6) is 0 Å². The van der Waals surface area contributed by atoms with Gasteiger partial charge in [0.2, 0.25) is 0 Å². The number of carbonyl (C=O) groups is 1. The number of amides is 1. The number of rotatable bonds is 2. The van der Waals surface area contributed by atoms with Gasteiger partial charge in [0.25, 0.3) is 5.91 Å². The summed E-state index contributed by atoms with van der Waals surface area (Å²) in [5.74, 6) is -0.362. The third kappa shape index (κ3) is 2.18. The quantitative estimate of drug-likeness (QED) is 0.871. The Labute approximate surface area is 115 Å². The third-order valence-electron chi connectivity index (χ3n) is 3.42. The van der Waals surface area contributed by atoms with Gasteiger partial charge < -0.3 is 10.6 Å². The summed E-state index contributed by atoms with van der Waals surface area (Å²) in [6, 6.07) is 5.93. The van der Waals surface area contributed by atoms with Crippen molar-refractivity contribution in [1.82, 2.24) is 15.1 Å². The van der Waals surface area contributed by atoms with Gasteiger partial charge in [0.05, 0.1) is 11.3 Å². The van der Waals surface area contributed by atoms with Gasteiger partial charge in [0.1, 0.15) is 11.6 Å². The maximum Gasteiger partial charge on any atom is 0.259 e. The maximum absolute atomic E-state index is 13.6. The fourth-order valence-electron chi connectivity index (χ4n) is 2.41. The smallest absolute Gasteiger partial charge is 0.259 e. The molecule has 0 fully saturated rings. The number of carbonyl (C=O) groups excluding carboxylic acids is 1. The molecule has 1 amide bonds. The van der Waals surface area contributed by atoms with Crippen LogP contribution in [0.2, 0.25) is 0 Å². The van der Waals surface area contributed by atoms with Crippen LogP contribution in [0.25, 0.3) is 0 Å². The van der Waals surface area contributed by atoms with E-state index in [4.69, 9.17) is 0 Å². The zero-order chi connectivity index (χ0) is 14.1. The number of benzene rings is 1. The van der Waals surface area contributed by atoms with E-state index in [1.807, 2.05) is 0 Å². The van der Waals surface area contributed by atoms with E-state index < -0.39 is 11.7 Å². The molecule has 0 atom stereocenters. The molecule has 2 heterocycles. The van der Waals surface area contributed by atoms with Crippen molar-refractivity contribution in [3.63, 3.8) is 0 Å². The van der Waals surface area contributed by atoms with Crippen LogP contribution in [0.15, 0.2) is 24.3 Å². The van der Waals surface area contributed by atoms with Crippen molar-refractivity contribution in [2.75, 3.05) is 11.9 Å². The molecule has 104 valence electrons. The molecule has 0 unspecified atom stereocenters. The Morgan fingerprint density at radius 2 is 2.25 bits per heavy atom. The van der Waals surface area contributed by atoms with Gasteiger partial charge in [-0.1, -0.05) is 12.1 Å². The van der Waals surface area contributed by atoms with Gasteiger partial charge in [-0.3, -0.25) is 9.48 Å². The van der Waals surface area contributed by atoms with Crippen LogP contribution >= 0.6 is 0 Å². The monoisotopic (exact) mass is 274 g/mol.